The summed E-state index contributed by atoms with van der Waals surface area (Å²) in [6, 6.07) is 15.4. The standard InChI is InChI=1S/C21H17NO3S/c1-14-16-6-2-3-8-18(16)21(24)22(14)11-10-20(23)25-12-15-13-26-19-9-5-4-7-17(15)19/h2-9,13H,1,10-12H2. The van der Waals surface area contributed by atoms with Crippen LogP contribution in [0.5, 0.6) is 0 Å². The summed E-state index contributed by atoms with van der Waals surface area (Å²) in [7, 11) is 0. The van der Waals surface area contributed by atoms with Crippen molar-refractivity contribution in [3.8, 4) is 0 Å². The first-order valence-corrected chi connectivity index (χ1v) is 9.24. The Bertz CT molecular complexity index is 986. The number of hydrogen-bond acceptors (Lipinski definition) is 4. The van der Waals surface area contributed by atoms with E-state index in [2.05, 4.69) is 6.58 Å². The molecule has 130 valence electrons. The smallest absolute Gasteiger partial charge is 0.307 e. The number of nitrogens with zero attached hydrogens (tertiary/aromatic N) is 1. The fourth-order valence-electron chi connectivity index (χ4n) is 3.15. The second kappa shape index (κ2) is 6.77. The number of rotatable bonds is 5. The maximum absolute atomic E-state index is 12.4. The molecule has 1 amide bonds. The molecular formula is C21H17NO3S. The van der Waals surface area contributed by atoms with Crippen LogP contribution in [0.1, 0.15) is 27.9 Å². The highest BCUT2D eigenvalue weighted by Crippen LogP contribution is 2.31. The van der Waals surface area contributed by atoms with Gasteiger partial charge in [-0.15, -0.1) is 11.3 Å². The molecule has 0 saturated carbocycles. The number of thiophene rings is 1. The molecule has 1 aliphatic rings. The molecule has 3 aromatic rings. The molecule has 0 saturated heterocycles. The number of ether oxygens (including phenoxy) is 1. The molecule has 0 atom stereocenters. The van der Waals surface area contributed by atoms with Crippen LogP contribution in [-0.4, -0.2) is 23.3 Å². The zero-order valence-electron chi connectivity index (χ0n) is 14.1. The largest absolute Gasteiger partial charge is 0.461 e. The number of esters is 1. The Labute approximate surface area is 155 Å². The van der Waals surface area contributed by atoms with Gasteiger partial charge < -0.3 is 9.64 Å². The van der Waals surface area contributed by atoms with Gasteiger partial charge in [-0.05, 0) is 22.9 Å². The molecule has 4 nitrogen and oxygen atoms in total. The van der Waals surface area contributed by atoms with Gasteiger partial charge in [0.05, 0.1) is 6.42 Å². The predicted molar refractivity (Wildman–Crippen MR) is 103 cm³/mol. The van der Waals surface area contributed by atoms with Crippen LogP contribution in [0.3, 0.4) is 0 Å². The third kappa shape index (κ3) is 2.91. The summed E-state index contributed by atoms with van der Waals surface area (Å²) >= 11 is 1.64. The molecule has 2 heterocycles. The number of benzene rings is 2. The van der Waals surface area contributed by atoms with Gasteiger partial charge in [-0.25, -0.2) is 0 Å². The first-order valence-electron chi connectivity index (χ1n) is 8.36. The third-order valence-corrected chi connectivity index (χ3v) is 5.54. The Hall–Kier alpha value is -2.92. The lowest BCUT2D eigenvalue weighted by Crippen LogP contribution is -2.26. The number of amides is 1. The summed E-state index contributed by atoms with van der Waals surface area (Å²) in [4.78, 5) is 26.1. The first kappa shape index (κ1) is 16.5. The summed E-state index contributed by atoms with van der Waals surface area (Å²) in [5.41, 5.74) is 3.11. The van der Waals surface area contributed by atoms with Crippen LogP contribution in [0.4, 0.5) is 0 Å². The van der Waals surface area contributed by atoms with Crippen molar-refractivity contribution < 1.29 is 14.3 Å². The molecule has 1 aliphatic heterocycles. The Morgan fingerprint density at radius 2 is 1.81 bits per heavy atom. The van der Waals surface area contributed by atoms with Crippen molar-refractivity contribution in [3.05, 3.63) is 77.2 Å². The van der Waals surface area contributed by atoms with E-state index in [0.717, 1.165) is 16.5 Å². The van der Waals surface area contributed by atoms with Crippen LogP contribution in [0, 0.1) is 0 Å². The Kier molecular flexibility index (Phi) is 4.31. The predicted octanol–water partition coefficient (Wildman–Crippen LogP) is 4.46. The highest BCUT2D eigenvalue weighted by atomic mass is 32.1. The van der Waals surface area contributed by atoms with Crippen LogP contribution in [0.15, 0.2) is 60.5 Å². The Balaban J connectivity index is 1.35. The molecular weight excluding hydrogens is 346 g/mol. The van der Waals surface area contributed by atoms with Gasteiger partial charge in [0.25, 0.3) is 5.91 Å². The maximum Gasteiger partial charge on any atom is 0.307 e. The molecule has 5 heteroatoms. The Morgan fingerprint density at radius 1 is 1.08 bits per heavy atom. The van der Waals surface area contributed by atoms with Crippen molar-refractivity contribution in [2.24, 2.45) is 0 Å². The number of carbonyl (C=O) groups is 2. The lowest BCUT2D eigenvalue weighted by Gasteiger charge is -2.16. The van der Waals surface area contributed by atoms with Crippen molar-refractivity contribution >= 4 is 39.0 Å². The lowest BCUT2D eigenvalue weighted by atomic mass is 10.1. The van der Waals surface area contributed by atoms with Crippen molar-refractivity contribution in [1.29, 1.82) is 0 Å². The fourth-order valence-corrected chi connectivity index (χ4v) is 4.10. The summed E-state index contributed by atoms with van der Waals surface area (Å²) in [5.74, 6) is -0.431. The van der Waals surface area contributed by atoms with Gasteiger partial charge in [0, 0.05) is 33.6 Å². The zero-order chi connectivity index (χ0) is 18.1. The van der Waals surface area contributed by atoms with E-state index in [1.807, 2.05) is 47.8 Å². The summed E-state index contributed by atoms with van der Waals surface area (Å²) in [6.45, 7) is 4.50. The molecule has 2 aromatic carbocycles. The minimum atomic E-state index is -0.322. The van der Waals surface area contributed by atoms with E-state index in [9.17, 15) is 9.59 Å². The van der Waals surface area contributed by atoms with Gasteiger partial charge in [0.1, 0.15) is 6.61 Å². The molecule has 0 fully saturated rings. The van der Waals surface area contributed by atoms with E-state index < -0.39 is 0 Å². The maximum atomic E-state index is 12.4. The van der Waals surface area contributed by atoms with E-state index in [0.29, 0.717) is 11.3 Å². The van der Waals surface area contributed by atoms with Crippen molar-refractivity contribution in [3.63, 3.8) is 0 Å². The third-order valence-electron chi connectivity index (χ3n) is 4.53. The first-order chi connectivity index (χ1) is 12.6. The second-order valence-electron chi connectivity index (χ2n) is 6.12. The SMILES string of the molecule is C=C1c2ccccc2C(=O)N1CCC(=O)OCc1csc2ccccc12. The van der Waals surface area contributed by atoms with Crippen molar-refractivity contribution in [1.82, 2.24) is 4.90 Å². The monoisotopic (exact) mass is 363 g/mol. The van der Waals surface area contributed by atoms with Gasteiger partial charge in [-0.2, -0.15) is 0 Å². The quantitative estimate of drug-likeness (QED) is 0.629. The van der Waals surface area contributed by atoms with Crippen LogP contribution in [0.25, 0.3) is 15.8 Å². The molecule has 1 aromatic heterocycles. The average molecular weight is 363 g/mol. The number of fused-ring (bicyclic) bond motifs is 2. The lowest BCUT2D eigenvalue weighted by molar-refractivity contribution is -0.145. The van der Waals surface area contributed by atoms with Gasteiger partial charge in [-0.1, -0.05) is 43.0 Å². The van der Waals surface area contributed by atoms with E-state index in [1.54, 1.807) is 22.3 Å². The topological polar surface area (TPSA) is 46.6 Å². The van der Waals surface area contributed by atoms with Crippen LogP contribution in [-0.2, 0) is 16.1 Å². The normalized spacial score (nSPS) is 13.3. The molecule has 0 spiro atoms. The summed E-state index contributed by atoms with van der Waals surface area (Å²) in [5, 5.41) is 3.13. The minimum Gasteiger partial charge on any atom is -0.461 e. The summed E-state index contributed by atoms with van der Waals surface area (Å²) < 4.78 is 6.58. The van der Waals surface area contributed by atoms with Crippen LogP contribution >= 0.6 is 11.3 Å². The van der Waals surface area contributed by atoms with Crippen molar-refractivity contribution in [2.45, 2.75) is 13.0 Å². The molecule has 26 heavy (non-hydrogen) atoms. The van der Waals surface area contributed by atoms with E-state index >= 15 is 0 Å². The molecule has 0 unspecified atom stereocenters. The molecule has 0 bridgehead atoms. The van der Waals surface area contributed by atoms with E-state index in [-0.39, 0.29) is 31.4 Å². The average Bonchev–Trinajstić information content (AvgIpc) is 3.19. The molecule has 0 aliphatic carbocycles. The number of hydrogen-bond donors (Lipinski definition) is 0. The van der Waals surface area contributed by atoms with E-state index in [4.69, 9.17) is 4.74 Å². The van der Waals surface area contributed by atoms with Gasteiger partial charge in [-0.3, -0.25) is 9.59 Å². The zero-order valence-corrected chi connectivity index (χ0v) is 14.9. The number of carbonyl (C=O) groups excluding carboxylic acids is 2. The highest BCUT2D eigenvalue weighted by Gasteiger charge is 2.30. The van der Waals surface area contributed by atoms with Gasteiger partial charge in [0.2, 0.25) is 0 Å². The van der Waals surface area contributed by atoms with Gasteiger partial charge >= 0.3 is 5.97 Å². The minimum absolute atomic E-state index is 0.109. The Morgan fingerprint density at radius 3 is 2.62 bits per heavy atom. The summed E-state index contributed by atoms with van der Waals surface area (Å²) in [6.07, 6.45) is 0.140. The second-order valence-corrected chi connectivity index (χ2v) is 7.03. The van der Waals surface area contributed by atoms with Crippen molar-refractivity contribution in [2.75, 3.05) is 6.54 Å². The van der Waals surface area contributed by atoms with Crippen LogP contribution < -0.4 is 0 Å². The molecule has 0 N–H and O–H groups in total. The molecule has 4 rings (SSSR count). The van der Waals surface area contributed by atoms with Crippen LogP contribution in [0.2, 0.25) is 0 Å². The molecule has 0 radical (unpaired) electrons. The fraction of sp³-hybridized carbons (Fsp3) is 0.143. The highest BCUT2D eigenvalue weighted by molar-refractivity contribution is 7.17. The van der Waals surface area contributed by atoms with Gasteiger partial charge in [0.15, 0.2) is 0 Å². The van der Waals surface area contributed by atoms with E-state index in [1.165, 1.54) is 4.70 Å².